The van der Waals surface area contributed by atoms with Crippen LogP contribution in [0.25, 0.3) is 0 Å². The van der Waals surface area contributed by atoms with E-state index in [1.807, 2.05) is 0 Å². The van der Waals surface area contributed by atoms with Crippen LogP contribution in [0.5, 0.6) is 5.75 Å². The fourth-order valence-electron chi connectivity index (χ4n) is 2.68. The number of halogens is 23. The summed E-state index contributed by atoms with van der Waals surface area (Å²) in [6.45, 7) is 0. The molecule has 1 aromatic carbocycles. The Labute approximate surface area is 258 Å². The molecule has 1 aromatic rings. The van der Waals surface area contributed by atoms with Gasteiger partial charge in [0.2, 0.25) is 0 Å². The standard InChI is InChI=1S/C17H5F23O4S.Na/c18-7(19,8(20,21)10(24,25)12(28,29)14(32,33)16(36,37)38)9(22,23)11(26,27)13(30,31)15(34,35)17(39,40)44-5-3-1-2-4-6(5)45(41,42)43;/h1-4H,(H,41,42,43);/q;+1/p-1. The molecule has 0 bridgehead atoms. The SMILES string of the molecule is O=S(=O)([O-])c1ccccc1OC(F)(F)C(F)(F)C(F)(F)C(F)(F)C(F)(F)C(F)(F)C(F)(F)C(F)(F)C(F)(F)C(F)(F)C(F)(F)F.[Na+]. The second-order valence-corrected chi connectivity index (χ2v) is 9.54. The van der Waals surface area contributed by atoms with E-state index in [1.54, 1.807) is 0 Å². The van der Waals surface area contributed by atoms with E-state index in [0.717, 1.165) is 0 Å². The average Bonchev–Trinajstić information content (AvgIpc) is 2.81. The Hall–Kier alpha value is -1.68. The van der Waals surface area contributed by atoms with E-state index in [2.05, 4.69) is 4.74 Å². The van der Waals surface area contributed by atoms with Crippen LogP contribution in [0.1, 0.15) is 0 Å². The van der Waals surface area contributed by atoms with Crippen molar-refractivity contribution in [2.75, 3.05) is 0 Å². The van der Waals surface area contributed by atoms with E-state index in [9.17, 15) is 114 Å². The Bertz CT molecular complexity index is 1370. The van der Waals surface area contributed by atoms with Crippen LogP contribution < -0.4 is 34.3 Å². The van der Waals surface area contributed by atoms with Crippen molar-refractivity contribution in [3.8, 4) is 5.75 Å². The summed E-state index contributed by atoms with van der Waals surface area (Å²) >= 11 is 0. The van der Waals surface area contributed by atoms with Crippen LogP contribution in [-0.2, 0) is 10.1 Å². The van der Waals surface area contributed by atoms with Crippen molar-refractivity contribution in [3.63, 3.8) is 0 Å². The van der Waals surface area contributed by atoms with Gasteiger partial charge in [-0.05, 0) is 12.1 Å². The third-order valence-electron chi connectivity index (χ3n) is 5.23. The minimum absolute atomic E-state index is 0. The van der Waals surface area contributed by atoms with Gasteiger partial charge in [-0.3, -0.25) is 0 Å². The predicted octanol–water partition coefficient (Wildman–Crippen LogP) is 4.85. The zero-order valence-electron chi connectivity index (χ0n) is 20.5. The first kappa shape index (κ1) is 44.3. The van der Waals surface area contributed by atoms with Gasteiger partial charge in [0.15, 0.2) is 0 Å². The zero-order chi connectivity index (χ0) is 36.7. The molecule has 0 aliphatic heterocycles. The molecule has 0 aliphatic carbocycles. The molecule has 0 unspecified atom stereocenters. The van der Waals surface area contributed by atoms with Gasteiger partial charge in [-0.1, -0.05) is 12.1 Å². The number of ether oxygens (including phenoxy) is 1. The maximum atomic E-state index is 13.9. The number of para-hydroxylation sites is 1. The monoisotopic (exact) mass is 764 g/mol. The van der Waals surface area contributed by atoms with Gasteiger partial charge in [0.25, 0.3) is 0 Å². The molecule has 0 fully saturated rings. The zero-order valence-corrected chi connectivity index (χ0v) is 23.4. The van der Waals surface area contributed by atoms with Crippen LogP contribution in [0.15, 0.2) is 29.2 Å². The first-order valence-corrected chi connectivity index (χ1v) is 11.2. The van der Waals surface area contributed by atoms with Gasteiger partial charge < -0.3 is 9.29 Å². The molecule has 4 nitrogen and oxygen atoms in total. The first-order valence-electron chi connectivity index (χ1n) is 9.79. The minimum Gasteiger partial charge on any atom is -0.744 e. The summed E-state index contributed by atoms with van der Waals surface area (Å²) in [6, 6.07) is 0.143. The van der Waals surface area contributed by atoms with Crippen molar-refractivity contribution in [2.24, 2.45) is 0 Å². The van der Waals surface area contributed by atoms with Gasteiger partial charge in [-0.2, -0.15) is 101 Å². The number of benzene rings is 1. The van der Waals surface area contributed by atoms with E-state index in [4.69, 9.17) is 0 Å². The largest absolute Gasteiger partial charge is 1.00 e. The second-order valence-electron chi connectivity index (χ2n) is 8.19. The van der Waals surface area contributed by atoms with Crippen molar-refractivity contribution in [1.29, 1.82) is 0 Å². The van der Waals surface area contributed by atoms with E-state index in [1.165, 1.54) is 0 Å². The number of rotatable bonds is 12. The Balaban J connectivity index is 0.0000202. The summed E-state index contributed by atoms with van der Waals surface area (Å²) in [5.74, 6) is -85.2. The molecule has 0 aliphatic rings. The number of hydrogen-bond acceptors (Lipinski definition) is 4. The van der Waals surface area contributed by atoms with Crippen LogP contribution in [0.3, 0.4) is 0 Å². The van der Waals surface area contributed by atoms with E-state index < -0.39 is 86.4 Å². The Morgan fingerprint density at radius 1 is 0.457 bits per heavy atom. The Morgan fingerprint density at radius 3 is 1.00 bits per heavy atom. The van der Waals surface area contributed by atoms with Crippen molar-refractivity contribution < 1.29 is 148 Å². The molecule has 0 saturated heterocycles. The van der Waals surface area contributed by atoms with E-state index >= 15 is 0 Å². The summed E-state index contributed by atoms with van der Waals surface area (Å²) in [5, 5.41) is 0. The molecule has 0 heterocycles. The van der Waals surface area contributed by atoms with E-state index in [0.29, 0.717) is 6.07 Å². The molecule has 0 aromatic heterocycles. The van der Waals surface area contributed by atoms with E-state index in [-0.39, 0.29) is 47.8 Å². The van der Waals surface area contributed by atoms with Gasteiger partial charge in [-0.25, -0.2) is 8.42 Å². The van der Waals surface area contributed by atoms with Gasteiger partial charge in [-0.15, -0.1) is 0 Å². The normalized spacial score (nSPS) is 15.8. The molecule has 0 amide bonds. The minimum atomic E-state index is -9.56. The third-order valence-corrected chi connectivity index (χ3v) is 6.11. The quantitative estimate of drug-likeness (QED) is 0.174. The topological polar surface area (TPSA) is 66.4 Å². The van der Waals surface area contributed by atoms with Gasteiger partial charge in [0.05, 0.1) is 4.90 Å². The summed E-state index contributed by atoms with van der Waals surface area (Å²) in [7, 11) is -6.17. The number of hydrogen-bond donors (Lipinski definition) is 0. The molecule has 0 atom stereocenters. The maximum Gasteiger partial charge on any atom is 1.00 e. The summed E-state index contributed by atoms with van der Waals surface area (Å²) in [6.07, 6.45) is -15.8. The summed E-state index contributed by atoms with van der Waals surface area (Å²) < 4.78 is 344. The first-order chi connectivity index (χ1) is 19.2. The molecule has 0 saturated carbocycles. The van der Waals surface area contributed by atoms with Crippen LogP contribution in [-0.4, -0.2) is 78.6 Å². The van der Waals surface area contributed by atoms with Gasteiger partial charge >= 0.3 is 95.1 Å². The smallest absolute Gasteiger partial charge is 0.744 e. The van der Waals surface area contributed by atoms with Crippen LogP contribution in [0.2, 0.25) is 0 Å². The van der Waals surface area contributed by atoms with Crippen LogP contribution in [0, 0.1) is 0 Å². The van der Waals surface area contributed by atoms with Gasteiger partial charge in [0.1, 0.15) is 15.9 Å². The molecular weight excluding hydrogens is 760 g/mol. The molecule has 0 spiro atoms. The molecule has 264 valence electrons. The van der Waals surface area contributed by atoms with Crippen molar-refractivity contribution in [2.45, 2.75) is 70.5 Å². The van der Waals surface area contributed by atoms with Crippen LogP contribution >= 0.6 is 0 Å². The molecule has 1 rings (SSSR count). The van der Waals surface area contributed by atoms with Crippen molar-refractivity contribution in [1.82, 2.24) is 0 Å². The van der Waals surface area contributed by atoms with Crippen molar-refractivity contribution >= 4 is 10.1 Å². The Morgan fingerprint density at radius 2 is 0.717 bits per heavy atom. The molecular formula is C17H4F23NaO4S. The average molecular weight is 764 g/mol. The predicted molar refractivity (Wildman–Crippen MR) is 90.6 cm³/mol. The van der Waals surface area contributed by atoms with Gasteiger partial charge in [0, 0.05) is 0 Å². The summed E-state index contributed by atoms with van der Waals surface area (Å²) in [4.78, 5) is -2.23. The fraction of sp³-hybridized carbons (Fsp3) is 0.647. The summed E-state index contributed by atoms with van der Waals surface area (Å²) in [5.41, 5.74) is 0. The molecule has 0 N–H and O–H groups in total. The van der Waals surface area contributed by atoms with Crippen LogP contribution in [0.4, 0.5) is 101 Å². The molecule has 29 heteroatoms. The molecule has 46 heavy (non-hydrogen) atoms. The molecule has 0 radical (unpaired) electrons. The fourth-order valence-corrected chi connectivity index (χ4v) is 3.29. The van der Waals surface area contributed by atoms with Crippen molar-refractivity contribution in [3.05, 3.63) is 24.3 Å². The maximum absolute atomic E-state index is 13.9. The third kappa shape index (κ3) is 5.94. The number of alkyl halides is 23. The Kier molecular flexibility index (Phi) is 11.3. The second kappa shape index (κ2) is 11.7.